The molecule has 0 aliphatic heterocycles. The average Bonchev–Trinajstić information content (AvgIpc) is 2.84. The molecule has 2 heterocycles. The van der Waals surface area contributed by atoms with Gasteiger partial charge in [0.05, 0.1) is 11.0 Å². The Bertz CT molecular complexity index is 653. The van der Waals surface area contributed by atoms with E-state index < -0.39 is 0 Å². The molecule has 0 saturated carbocycles. The van der Waals surface area contributed by atoms with Crippen LogP contribution in [0.2, 0.25) is 0 Å². The van der Waals surface area contributed by atoms with Gasteiger partial charge in [-0.1, -0.05) is 12.1 Å². The van der Waals surface area contributed by atoms with Crippen LogP contribution >= 0.6 is 11.3 Å². The quantitative estimate of drug-likeness (QED) is 0.697. The van der Waals surface area contributed by atoms with Crippen LogP contribution in [0.5, 0.6) is 0 Å². The topological polar surface area (TPSA) is 56.7 Å². The van der Waals surface area contributed by atoms with E-state index in [4.69, 9.17) is 5.73 Å². The smallest absolute Gasteiger partial charge is 0.180 e. The minimum atomic E-state index is 0.571. The van der Waals surface area contributed by atoms with E-state index in [1.54, 1.807) is 0 Å². The summed E-state index contributed by atoms with van der Waals surface area (Å²) in [6, 6.07) is 8.02. The molecule has 0 atom stereocenters. The third-order valence-corrected chi connectivity index (χ3v) is 3.21. The second-order valence-corrected chi connectivity index (χ2v) is 4.44. The van der Waals surface area contributed by atoms with Gasteiger partial charge in [-0.05, 0) is 12.1 Å². The fourth-order valence-electron chi connectivity index (χ4n) is 1.76. The largest absolute Gasteiger partial charge is 0.375 e. The number of nitrogens with zero attached hydrogens (tertiary/aromatic N) is 3. The lowest BCUT2D eigenvalue weighted by molar-refractivity contribution is 0.953. The zero-order valence-electron chi connectivity index (χ0n) is 8.71. The molecule has 0 fully saturated rings. The molecular formula is C11H10N4S. The van der Waals surface area contributed by atoms with Crippen LogP contribution in [0.3, 0.4) is 0 Å². The van der Waals surface area contributed by atoms with Crippen molar-refractivity contribution in [3.8, 4) is 11.5 Å². The zero-order valence-corrected chi connectivity index (χ0v) is 9.53. The van der Waals surface area contributed by atoms with E-state index in [0.717, 1.165) is 22.6 Å². The molecule has 3 rings (SSSR count). The molecule has 0 radical (unpaired) electrons. The number of aryl methyl sites for hydroxylation is 1. The van der Waals surface area contributed by atoms with Gasteiger partial charge in [0.1, 0.15) is 5.69 Å². The lowest BCUT2D eigenvalue weighted by Gasteiger charge is -1.97. The van der Waals surface area contributed by atoms with Gasteiger partial charge in [0.15, 0.2) is 11.0 Å². The van der Waals surface area contributed by atoms with E-state index in [2.05, 4.69) is 9.97 Å². The van der Waals surface area contributed by atoms with Gasteiger partial charge in [-0.25, -0.2) is 9.97 Å². The Morgan fingerprint density at radius 2 is 2.06 bits per heavy atom. The SMILES string of the molecule is Cn1c(-c2csc(N)n2)nc2ccccc21. The number of thiazole rings is 1. The summed E-state index contributed by atoms with van der Waals surface area (Å²) >= 11 is 1.43. The highest BCUT2D eigenvalue weighted by molar-refractivity contribution is 7.13. The van der Waals surface area contributed by atoms with Crippen molar-refractivity contribution in [2.45, 2.75) is 0 Å². The first kappa shape index (κ1) is 9.35. The Kier molecular flexibility index (Phi) is 1.94. The van der Waals surface area contributed by atoms with Gasteiger partial charge in [-0.15, -0.1) is 11.3 Å². The number of aromatic nitrogens is 3. The molecule has 2 N–H and O–H groups in total. The molecule has 0 aliphatic rings. The molecule has 0 amide bonds. The van der Waals surface area contributed by atoms with Crippen LogP contribution in [-0.2, 0) is 7.05 Å². The van der Waals surface area contributed by atoms with Crippen molar-refractivity contribution in [2.75, 3.05) is 5.73 Å². The van der Waals surface area contributed by atoms with Crippen molar-refractivity contribution in [2.24, 2.45) is 7.05 Å². The molecule has 80 valence electrons. The summed E-state index contributed by atoms with van der Waals surface area (Å²) < 4.78 is 2.03. The fraction of sp³-hybridized carbons (Fsp3) is 0.0909. The maximum Gasteiger partial charge on any atom is 0.180 e. The van der Waals surface area contributed by atoms with Crippen molar-refractivity contribution >= 4 is 27.5 Å². The van der Waals surface area contributed by atoms with E-state index >= 15 is 0 Å². The number of hydrogen-bond donors (Lipinski definition) is 1. The van der Waals surface area contributed by atoms with Gasteiger partial charge in [-0.2, -0.15) is 0 Å². The first-order chi connectivity index (χ1) is 7.75. The van der Waals surface area contributed by atoms with Crippen LogP contribution in [0.15, 0.2) is 29.6 Å². The minimum absolute atomic E-state index is 0.571. The molecule has 0 aliphatic carbocycles. The Hall–Kier alpha value is -1.88. The molecular weight excluding hydrogens is 220 g/mol. The molecule has 0 bridgehead atoms. The molecule has 0 saturated heterocycles. The van der Waals surface area contributed by atoms with Crippen LogP contribution in [0.4, 0.5) is 5.13 Å². The Morgan fingerprint density at radius 1 is 1.25 bits per heavy atom. The third-order valence-electron chi connectivity index (χ3n) is 2.54. The Balaban J connectivity index is 2.28. The predicted octanol–water partition coefficient (Wildman–Crippen LogP) is 2.28. The lowest BCUT2D eigenvalue weighted by atomic mass is 10.3. The maximum atomic E-state index is 5.63. The minimum Gasteiger partial charge on any atom is -0.375 e. The van der Waals surface area contributed by atoms with Crippen molar-refractivity contribution in [1.82, 2.24) is 14.5 Å². The van der Waals surface area contributed by atoms with Crippen LogP contribution in [-0.4, -0.2) is 14.5 Å². The highest BCUT2D eigenvalue weighted by Crippen LogP contribution is 2.25. The van der Waals surface area contributed by atoms with Crippen LogP contribution in [0.1, 0.15) is 0 Å². The van der Waals surface area contributed by atoms with E-state index in [1.807, 2.05) is 41.3 Å². The molecule has 0 unspecified atom stereocenters. The number of imidazole rings is 1. The molecule has 0 spiro atoms. The van der Waals surface area contributed by atoms with Crippen LogP contribution < -0.4 is 5.73 Å². The summed E-state index contributed by atoms with van der Waals surface area (Å²) in [7, 11) is 1.99. The van der Waals surface area contributed by atoms with Gasteiger partial charge in [-0.3, -0.25) is 0 Å². The van der Waals surface area contributed by atoms with E-state index in [0.29, 0.717) is 5.13 Å². The van der Waals surface area contributed by atoms with E-state index in [9.17, 15) is 0 Å². The second-order valence-electron chi connectivity index (χ2n) is 3.55. The normalized spacial score (nSPS) is 11.1. The Morgan fingerprint density at radius 3 is 2.75 bits per heavy atom. The number of nitrogens with two attached hydrogens (primary N) is 1. The zero-order chi connectivity index (χ0) is 11.1. The van der Waals surface area contributed by atoms with Crippen molar-refractivity contribution in [3.63, 3.8) is 0 Å². The first-order valence-corrected chi connectivity index (χ1v) is 5.76. The molecule has 16 heavy (non-hydrogen) atoms. The highest BCUT2D eigenvalue weighted by Gasteiger charge is 2.11. The van der Waals surface area contributed by atoms with Gasteiger partial charge in [0.25, 0.3) is 0 Å². The molecule has 3 aromatic rings. The standard InChI is InChI=1S/C11H10N4S/c1-15-9-5-3-2-4-7(9)13-10(15)8-6-16-11(12)14-8/h2-6H,1H3,(H2,12,14). The number of benzene rings is 1. The molecule has 2 aromatic heterocycles. The summed E-state index contributed by atoms with van der Waals surface area (Å²) in [6.07, 6.45) is 0. The van der Waals surface area contributed by atoms with Crippen LogP contribution in [0, 0.1) is 0 Å². The number of fused-ring (bicyclic) bond motifs is 1. The maximum absolute atomic E-state index is 5.63. The van der Waals surface area contributed by atoms with Gasteiger partial charge in [0, 0.05) is 12.4 Å². The molecule has 4 nitrogen and oxygen atoms in total. The van der Waals surface area contributed by atoms with E-state index in [1.165, 1.54) is 11.3 Å². The van der Waals surface area contributed by atoms with Crippen LogP contribution in [0.25, 0.3) is 22.6 Å². The lowest BCUT2D eigenvalue weighted by Crippen LogP contribution is -1.93. The first-order valence-electron chi connectivity index (χ1n) is 4.88. The summed E-state index contributed by atoms with van der Waals surface area (Å²) in [5.74, 6) is 0.856. The van der Waals surface area contributed by atoms with Gasteiger partial charge >= 0.3 is 0 Å². The molecule has 1 aromatic carbocycles. The average molecular weight is 230 g/mol. The number of rotatable bonds is 1. The highest BCUT2D eigenvalue weighted by atomic mass is 32.1. The predicted molar refractivity (Wildman–Crippen MR) is 66.2 cm³/mol. The summed E-state index contributed by atoms with van der Waals surface area (Å²) in [6.45, 7) is 0. The van der Waals surface area contributed by atoms with E-state index in [-0.39, 0.29) is 0 Å². The number of para-hydroxylation sites is 2. The summed E-state index contributed by atoms with van der Waals surface area (Å²) in [5.41, 5.74) is 8.54. The van der Waals surface area contributed by atoms with Crippen molar-refractivity contribution in [3.05, 3.63) is 29.6 Å². The summed E-state index contributed by atoms with van der Waals surface area (Å²) in [5, 5.41) is 2.50. The summed E-state index contributed by atoms with van der Waals surface area (Å²) in [4.78, 5) is 8.80. The van der Waals surface area contributed by atoms with Crippen molar-refractivity contribution in [1.29, 1.82) is 0 Å². The number of hydrogen-bond acceptors (Lipinski definition) is 4. The molecule has 5 heteroatoms. The second kappa shape index (κ2) is 3.31. The van der Waals surface area contributed by atoms with Crippen molar-refractivity contribution < 1.29 is 0 Å². The number of nitrogen functional groups attached to an aromatic ring is 1. The van der Waals surface area contributed by atoms with Gasteiger partial charge < -0.3 is 10.3 Å². The fourth-order valence-corrected chi connectivity index (χ4v) is 2.31. The third kappa shape index (κ3) is 1.29. The monoisotopic (exact) mass is 230 g/mol. The number of anilines is 1. The Labute approximate surface area is 96.4 Å². The van der Waals surface area contributed by atoms with Gasteiger partial charge in [0.2, 0.25) is 0 Å².